The van der Waals surface area contributed by atoms with Gasteiger partial charge in [-0.15, -0.1) is 0 Å². The summed E-state index contributed by atoms with van der Waals surface area (Å²) < 4.78 is 0. The van der Waals surface area contributed by atoms with Crippen molar-refractivity contribution in [1.82, 2.24) is 0 Å². The molecule has 2 aromatic rings. The molecule has 2 aromatic carbocycles. The van der Waals surface area contributed by atoms with Gasteiger partial charge in [-0.1, -0.05) is 36.4 Å². The molecule has 1 heterocycles. The fraction of sp³-hybridized carbons (Fsp3) is 0.286. The van der Waals surface area contributed by atoms with Crippen molar-refractivity contribution < 1.29 is 0 Å². The lowest BCUT2D eigenvalue weighted by Gasteiger charge is -2.14. The summed E-state index contributed by atoms with van der Waals surface area (Å²) in [5.74, 6) is 2.54. The zero-order valence-corrected chi connectivity index (χ0v) is 9.52. The summed E-state index contributed by atoms with van der Waals surface area (Å²) >= 11 is 2.08. The lowest BCUT2D eigenvalue weighted by Crippen LogP contribution is -2.00. The van der Waals surface area contributed by atoms with Gasteiger partial charge in [0.25, 0.3) is 0 Å². The number of benzene rings is 2. The summed E-state index contributed by atoms with van der Waals surface area (Å²) in [5.41, 5.74) is 3.07. The van der Waals surface area contributed by atoms with E-state index in [4.69, 9.17) is 0 Å². The Morgan fingerprint density at radius 3 is 2.00 bits per heavy atom. The summed E-state index contributed by atoms with van der Waals surface area (Å²) in [6.45, 7) is 0. The topological polar surface area (TPSA) is 0 Å². The van der Waals surface area contributed by atoms with E-state index in [-0.39, 0.29) is 0 Å². The second-order valence-corrected chi connectivity index (χ2v) is 5.27. The maximum absolute atomic E-state index is 2.29. The Morgan fingerprint density at radius 1 is 0.800 bits per heavy atom. The first kappa shape index (κ1) is 9.29. The van der Waals surface area contributed by atoms with Crippen LogP contribution >= 0.6 is 11.8 Å². The van der Waals surface area contributed by atoms with Crippen molar-refractivity contribution in [2.75, 3.05) is 11.5 Å². The largest absolute Gasteiger partial charge is 0.161 e. The first-order chi connectivity index (χ1) is 7.45. The molecule has 1 aliphatic rings. The third kappa shape index (κ3) is 1.65. The molecule has 0 bridgehead atoms. The molecule has 0 spiro atoms. The number of thioether (sulfide) groups is 1. The van der Waals surface area contributed by atoms with Gasteiger partial charge in [-0.25, -0.2) is 0 Å². The van der Waals surface area contributed by atoms with Gasteiger partial charge in [0, 0.05) is 0 Å². The van der Waals surface area contributed by atoms with Crippen molar-refractivity contribution in [1.29, 1.82) is 0 Å². The number of hydrogen-bond acceptors (Lipinski definition) is 1. The highest BCUT2D eigenvalue weighted by molar-refractivity contribution is 7.99. The highest BCUT2D eigenvalue weighted by atomic mass is 32.2. The van der Waals surface area contributed by atoms with Crippen LogP contribution in [0.1, 0.15) is 11.1 Å². The highest BCUT2D eigenvalue weighted by Crippen LogP contribution is 2.27. The highest BCUT2D eigenvalue weighted by Gasteiger charge is 2.08. The van der Waals surface area contributed by atoms with Gasteiger partial charge in [-0.3, -0.25) is 0 Å². The van der Waals surface area contributed by atoms with E-state index in [0.29, 0.717) is 0 Å². The Hall–Kier alpha value is -0.950. The molecular formula is C14H14S. The van der Waals surface area contributed by atoms with Crippen LogP contribution in [0.25, 0.3) is 10.8 Å². The molecule has 0 nitrogen and oxygen atoms in total. The van der Waals surface area contributed by atoms with Crippen LogP contribution in [0.4, 0.5) is 0 Å². The molecule has 3 rings (SSSR count). The minimum absolute atomic E-state index is 1.22. The second-order valence-electron chi connectivity index (χ2n) is 4.04. The van der Waals surface area contributed by atoms with Crippen molar-refractivity contribution in [2.45, 2.75) is 12.8 Å². The van der Waals surface area contributed by atoms with E-state index in [1.54, 1.807) is 0 Å². The van der Waals surface area contributed by atoms with E-state index >= 15 is 0 Å². The average molecular weight is 214 g/mol. The molecule has 0 unspecified atom stereocenters. The zero-order valence-electron chi connectivity index (χ0n) is 8.70. The lowest BCUT2D eigenvalue weighted by atomic mass is 9.96. The smallest absolute Gasteiger partial charge is 0.00267 e. The van der Waals surface area contributed by atoms with E-state index in [1.165, 1.54) is 46.2 Å². The quantitative estimate of drug-likeness (QED) is 0.645. The first-order valence-electron chi connectivity index (χ1n) is 5.52. The van der Waals surface area contributed by atoms with E-state index in [2.05, 4.69) is 48.2 Å². The summed E-state index contributed by atoms with van der Waals surface area (Å²) in [6, 6.07) is 13.4. The molecule has 0 saturated heterocycles. The third-order valence-corrected chi connectivity index (χ3v) is 4.09. The molecule has 0 aromatic heterocycles. The molecule has 0 radical (unpaired) electrons. The van der Waals surface area contributed by atoms with E-state index in [9.17, 15) is 0 Å². The maximum atomic E-state index is 2.29. The maximum Gasteiger partial charge on any atom is -0.00267 e. The van der Waals surface area contributed by atoms with Crippen LogP contribution in [0.15, 0.2) is 36.4 Å². The molecule has 0 N–H and O–H groups in total. The SMILES string of the molecule is c1cc2c3c(cccc3c1)CCSCC2. The zero-order chi connectivity index (χ0) is 10.1. The predicted octanol–water partition coefficient (Wildman–Crippen LogP) is 3.67. The van der Waals surface area contributed by atoms with Gasteiger partial charge >= 0.3 is 0 Å². The number of aryl methyl sites for hydroxylation is 2. The number of hydrogen-bond donors (Lipinski definition) is 0. The van der Waals surface area contributed by atoms with Crippen molar-refractivity contribution in [3.63, 3.8) is 0 Å². The Kier molecular flexibility index (Phi) is 2.41. The van der Waals surface area contributed by atoms with Gasteiger partial charge in [0.05, 0.1) is 0 Å². The molecule has 0 saturated carbocycles. The van der Waals surface area contributed by atoms with Crippen LogP contribution in [-0.2, 0) is 12.8 Å². The Morgan fingerprint density at radius 2 is 1.40 bits per heavy atom. The summed E-state index contributed by atoms with van der Waals surface area (Å²) in [4.78, 5) is 0. The Bertz CT molecular complexity index is 447. The average Bonchev–Trinajstić information content (AvgIpc) is 2.25. The van der Waals surface area contributed by atoms with Crippen LogP contribution < -0.4 is 0 Å². The van der Waals surface area contributed by atoms with Crippen LogP contribution in [-0.4, -0.2) is 11.5 Å². The van der Waals surface area contributed by atoms with Crippen molar-refractivity contribution in [3.05, 3.63) is 47.5 Å². The van der Waals surface area contributed by atoms with Gasteiger partial charge in [-0.05, 0) is 46.2 Å². The molecule has 0 aliphatic carbocycles. The fourth-order valence-electron chi connectivity index (χ4n) is 2.38. The summed E-state index contributed by atoms with van der Waals surface area (Å²) in [7, 11) is 0. The Labute approximate surface area is 94.7 Å². The number of rotatable bonds is 0. The molecule has 0 amide bonds. The van der Waals surface area contributed by atoms with Gasteiger partial charge in [0.2, 0.25) is 0 Å². The van der Waals surface area contributed by atoms with Gasteiger partial charge in [0.1, 0.15) is 0 Å². The van der Waals surface area contributed by atoms with Crippen molar-refractivity contribution in [2.24, 2.45) is 0 Å². The van der Waals surface area contributed by atoms with Crippen molar-refractivity contribution in [3.8, 4) is 0 Å². The molecule has 0 fully saturated rings. The fourth-order valence-corrected chi connectivity index (χ4v) is 3.32. The van der Waals surface area contributed by atoms with Gasteiger partial charge < -0.3 is 0 Å². The van der Waals surface area contributed by atoms with Crippen LogP contribution in [0.5, 0.6) is 0 Å². The van der Waals surface area contributed by atoms with Crippen LogP contribution in [0.2, 0.25) is 0 Å². The van der Waals surface area contributed by atoms with E-state index in [0.717, 1.165) is 0 Å². The van der Waals surface area contributed by atoms with Gasteiger partial charge in [-0.2, -0.15) is 11.8 Å². The van der Waals surface area contributed by atoms with Crippen LogP contribution in [0.3, 0.4) is 0 Å². The van der Waals surface area contributed by atoms with E-state index in [1.807, 2.05) is 0 Å². The molecule has 1 aliphatic heterocycles. The minimum Gasteiger partial charge on any atom is -0.161 e. The molecule has 0 atom stereocenters. The minimum atomic E-state index is 1.22. The Balaban J connectivity index is 2.32. The molecular weight excluding hydrogens is 200 g/mol. The normalized spacial score (nSPS) is 16.0. The summed E-state index contributed by atoms with van der Waals surface area (Å²) in [6.07, 6.45) is 2.44. The molecule has 1 heteroatoms. The third-order valence-electron chi connectivity index (χ3n) is 3.11. The first-order valence-corrected chi connectivity index (χ1v) is 6.68. The monoisotopic (exact) mass is 214 g/mol. The van der Waals surface area contributed by atoms with E-state index < -0.39 is 0 Å². The van der Waals surface area contributed by atoms with Crippen molar-refractivity contribution >= 4 is 22.5 Å². The van der Waals surface area contributed by atoms with Crippen LogP contribution in [0, 0.1) is 0 Å². The predicted molar refractivity (Wildman–Crippen MR) is 68.7 cm³/mol. The van der Waals surface area contributed by atoms with Gasteiger partial charge in [0.15, 0.2) is 0 Å². The lowest BCUT2D eigenvalue weighted by molar-refractivity contribution is 1.11. The standard InChI is InChI=1S/C14H14S/c1-3-11-4-2-6-13-8-10-15-9-7-12(5-1)14(11)13/h1-6H,7-10H2. The second kappa shape index (κ2) is 3.90. The molecule has 15 heavy (non-hydrogen) atoms. The summed E-state index contributed by atoms with van der Waals surface area (Å²) in [5, 5.41) is 2.94. The molecule has 76 valence electrons.